The number of carbonyl (C=O) groups excluding carboxylic acids is 2. The molecule has 2 aliphatic rings. The van der Waals surface area contributed by atoms with Crippen molar-refractivity contribution >= 4 is 11.7 Å². The third kappa shape index (κ3) is 4.63. The lowest BCUT2D eigenvalue weighted by atomic mass is 9.57. The maximum atomic E-state index is 15.1. The number of halogens is 1. The van der Waals surface area contributed by atoms with Gasteiger partial charge in [0.2, 0.25) is 5.91 Å². The van der Waals surface area contributed by atoms with Gasteiger partial charge in [0.05, 0.1) is 17.0 Å². The number of pyridine rings is 1. The van der Waals surface area contributed by atoms with Crippen LogP contribution in [0.15, 0.2) is 54.2 Å². The van der Waals surface area contributed by atoms with Gasteiger partial charge in [0.1, 0.15) is 11.9 Å². The van der Waals surface area contributed by atoms with Crippen LogP contribution in [0.3, 0.4) is 0 Å². The Balaban J connectivity index is 1.70. The van der Waals surface area contributed by atoms with E-state index in [1.807, 2.05) is 19.9 Å². The number of nitriles is 1. The summed E-state index contributed by atoms with van der Waals surface area (Å²) in [5.41, 5.74) is 3.33. The molecule has 0 N–H and O–H groups in total. The second kappa shape index (κ2) is 10.1. The molecule has 1 aromatic carbocycles. The predicted molar refractivity (Wildman–Crippen MR) is 145 cm³/mol. The van der Waals surface area contributed by atoms with E-state index in [2.05, 4.69) is 11.1 Å². The molecule has 39 heavy (non-hydrogen) atoms. The second-order valence-corrected chi connectivity index (χ2v) is 10.8. The van der Waals surface area contributed by atoms with Crippen molar-refractivity contribution in [3.05, 3.63) is 77.0 Å². The summed E-state index contributed by atoms with van der Waals surface area (Å²) < 4.78 is 15.1. The fraction of sp³-hybridized carbons (Fsp3) is 0.355. The van der Waals surface area contributed by atoms with Crippen molar-refractivity contribution in [2.45, 2.75) is 44.9 Å². The van der Waals surface area contributed by atoms with Gasteiger partial charge in [0.15, 0.2) is 11.6 Å². The number of hydrogen-bond donors (Lipinski definition) is 0. The molecule has 2 aliphatic carbocycles. The number of carbonyl (C=O) groups is 2. The van der Waals surface area contributed by atoms with Crippen molar-refractivity contribution < 1.29 is 14.0 Å². The molecule has 3 aromatic rings. The average Bonchev–Trinajstić information content (AvgIpc) is 2.93. The highest BCUT2D eigenvalue weighted by Crippen LogP contribution is 2.51. The van der Waals surface area contributed by atoms with E-state index in [9.17, 15) is 14.9 Å². The van der Waals surface area contributed by atoms with Gasteiger partial charge in [0.25, 0.3) is 0 Å². The zero-order chi connectivity index (χ0) is 27.9. The molecular weight excluding hydrogens is 493 g/mol. The summed E-state index contributed by atoms with van der Waals surface area (Å²) in [6, 6.07) is 12.3. The van der Waals surface area contributed by atoms with Crippen LogP contribution >= 0.6 is 0 Å². The molecule has 7 nitrogen and oxygen atoms in total. The summed E-state index contributed by atoms with van der Waals surface area (Å²) >= 11 is 0. The highest BCUT2D eigenvalue weighted by Gasteiger charge is 2.49. The summed E-state index contributed by atoms with van der Waals surface area (Å²) in [6.07, 6.45) is 5.50. The van der Waals surface area contributed by atoms with Gasteiger partial charge >= 0.3 is 0 Å². The lowest BCUT2D eigenvalue weighted by Gasteiger charge is -2.45. The smallest absolute Gasteiger partial charge is 0.222 e. The molecule has 0 saturated heterocycles. The van der Waals surface area contributed by atoms with Gasteiger partial charge in [0, 0.05) is 60.4 Å². The van der Waals surface area contributed by atoms with Gasteiger partial charge in [-0.05, 0) is 49.4 Å². The molecule has 2 heterocycles. The molecule has 198 valence electrons. The van der Waals surface area contributed by atoms with E-state index < -0.39 is 5.41 Å². The van der Waals surface area contributed by atoms with E-state index in [-0.39, 0.29) is 34.9 Å². The minimum atomic E-state index is -0.697. The SMILES string of the molecule is C[C@H]1C(=O)C(C#N)=C[C@@]2(C)c3nc(-c4ccnc(CCC(=O)N(C)C)c4)nc(-c4ccccc4F)c3CC[C@H]12. The summed E-state index contributed by atoms with van der Waals surface area (Å²) in [4.78, 5) is 40.9. The van der Waals surface area contributed by atoms with Gasteiger partial charge in [-0.3, -0.25) is 14.6 Å². The highest BCUT2D eigenvalue weighted by atomic mass is 19.1. The highest BCUT2D eigenvalue weighted by molar-refractivity contribution is 6.02. The lowest BCUT2D eigenvalue weighted by molar-refractivity contribution is -0.128. The molecule has 5 rings (SSSR count). The first-order chi connectivity index (χ1) is 18.6. The van der Waals surface area contributed by atoms with Crippen LogP contribution in [0.5, 0.6) is 0 Å². The third-order valence-electron chi connectivity index (χ3n) is 8.14. The van der Waals surface area contributed by atoms with E-state index in [0.29, 0.717) is 48.3 Å². The quantitative estimate of drug-likeness (QED) is 0.474. The summed E-state index contributed by atoms with van der Waals surface area (Å²) in [6.45, 7) is 3.90. The number of nitrogens with zero attached hydrogens (tertiary/aromatic N) is 5. The number of allylic oxidation sites excluding steroid dienone is 2. The van der Waals surface area contributed by atoms with Crippen LogP contribution in [-0.2, 0) is 27.8 Å². The Morgan fingerprint density at radius 2 is 2.00 bits per heavy atom. The Kier molecular flexibility index (Phi) is 6.85. The number of ketones is 1. The summed E-state index contributed by atoms with van der Waals surface area (Å²) in [5, 5.41) is 9.73. The number of fused-ring (bicyclic) bond motifs is 3. The van der Waals surface area contributed by atoms with Crippen LogP contribution in [0.1, 0.15) is 43.6 Å². The van der Waals surface area contributed by atoms with E-state index in [0.717, 1.165) is 17.0 Å². The summed E-state index contributed by atoms with van der Waals surface area (Å²) in [7, 11) is 3.44. The number of Topliss-reactive ketones (excluding diaryl/α,β-unsaturated/α-hetero) is 1. The standard InChI is InChI=1S/C31H30FN5O2/c1-18-24-11-10-23-27(22-7-5-6-8-25(22)32)35-30(36-29(23)31(24,2)16-20(17-33)28(18)39)19-13-14-34-21(15-19)9-12-26(38)37(3)4/h5-8,13-16,18,24H,9-12H2,1-4H3/t18-,24-,31-/m1/s1. The van der Waals surface area contributed by atoms with Crippen molar-refractivity contribution in [1.29, 1.82) is 5.26 Å². The molecule has 0 spiro atoms. The van der Waals surface area contributed by atoms with Crippen LogP contribution in [0.2, 0.25) is 0 Å². The van der Waals surface area contributed by atoms with Gasteiger partial charge < -0.3 is 4.90 Å². The predicted octanol–water partition coefficient (Wildman–Crippen LogP) is 4.85. The number of amides is 1. The molecule has 2 aromatic heterocycles. The second-order valence-electron chi connectivity index (χ2n) is 10.8. The van der Waals surface area contributed by atoms with E-state index in [1.54, 1.807) is 55.5 Å². The van der Waals surface area contributed by atoms with Crippen molar-refractivity contribution in [3.8, 4) is 28.7 Å². The van der Waals surface area contributed by atoms with E-state index in [1.165, 1.54) is 6.07 Å². The minimum absolute atomic E-state index is 0.00842. The van der Waals surface area contributed by atoms with Crippen molar-refractivity contribution in [2.24, 2.45) is 11.8 Å². The molecule has 0 aliphatic heterocycles. The molecule has 0 bridgehead atoms. The van der Waals surface area contributed by atoms with Gasteiger partial charge in [-0.2, -0.15) is 5.26 Å². The van der Waals surface area contributed by atoms with Crippen LogP contribution in [0.25, 0.3) is 22.6 Å². The molecule has 1 amide bonds. The Morgan fingerprint density at radius 3 is 2.72 bits per heavy atom. The molecular formula is C31H30FN5O2. The molecule has 3 atom stereocenters. The van der Waals surface area contributed by atoms with Crippen LogP contribution in [-0.4, -0.2) is 45.6 Å². The number of aromatic nitrogens is 3. The fourth-order valence-electron chi connectivity index (χ4n) is 5.99. The first-order valence-electron chi connectivity index (χ1n) is 13.1. The van der Waals surface area contributed by atoms with Crippen LogP contribution in [0, 0.1) is 29.0 Å². The minimum Gasteiger partial charge on any atom is -0.349 e. The molecule has 0 radical (unpaired) electrons. The number of benzene rings is 1. The van der Waals surface area contributed by atoms with Crippen LogP contribution in [0.4, 0.5) is 4.39 Å². The number of rotatable bonds is 5. The monoisotopic (exact) mass is 523 g/mol. The molecule has 8 heteroatoms. The number of hydrogen-bond acceptors (Lipinski definition) is 6. The first kappa shape index (κ1) is 26.4. The van der Waals surface area contributed by atoms with Crippen LogP contribution < -0.4 is 0 Å². The molecule has 0 saturated carbocycles. The zero-order valence-corrected chi connectivity index (χ0v) is 22.5. The fourth-order valence-corrected chi connectivity index (χ4v) is 5.99. The Bertz CT molecular complexity index is 1560. The third-order valence-corrected chi connectivity index (χ3v) is 8.14. The van der Waals surface area contributed by atoms with Gasteiger partial charge in [-0.25, -0.2) is 14.4 Å². The van der Waals surface area contributed by atoms with E-state index in [4.69, 9.17) is 9.97 Å². The van der Waals surface area contributed by atoms with Gasteiger partial charge in [-0.15, -0.1) is 0 Å². The average molecular weight is 524 g/mol. The Labute approximate surface area is 227 Å². The maximum absolute atomic E-state index is 15.1. The Morgan fingerprint density at radius 1 is 1.23 bits per heavy atom. The maximum Gasteiger partial charge on any atom is 0.222 e. The van der Waals surface area contributed by atoms with Crippen molar-refractivity contribution in [2.75, 3.05) is 14.1 Å². The number of aryl methyl sites for hydroxylation is 1. The Hall–Kier alpha value is -4.25. The summed E-state index contributed by atoms with van der Waals surface area (Å²) in [5.74, 6) is -0.481. The molecule has 0 unspecified atom stereocenters. The lowest BCUT2D eigenvalue weighted by Crippen LogP contribution is -2.46. The zero-order valence-electron chi connectivity index (χ0n) is 22.5. The van der Waals surface area contributed by atoms with Crippen molar-refractivity contribution in [1.82, 2.24) is 19.9 Å². The topological polar surface area (TPSA) is 99.8 Å². The normalized spacial score (nSPS) is 21.8. The van der Waals surface area contributed by atoms with E-state index >= 15 is 4.39 Å². The van der Waals surface area contributed by atoms with Crippen molar-refractivity contribution in [3.63, 3.8) is 0 Å². The first-order valence-corrected chi connectivity index (χ1v) is 13.1. The van der Waals surface area contributed by atoms with Gasteiger partial charge in [-0.1, -0.05) is 32.1 Å². The largest absolute Gasteiger partial charge is 0.349 e. The molecule has 0 fully saturated rings.